The second-order valence-corrected chi connectivity index (χ2v) is 8.50. The number of nitrogens with two attached hydrogens (primary N) is 1. The molecule has 2 rings (SSSR count). The van der Waals surface area contributed by atoms with Gasteiger partial charge in [0.05, 0.1) is 25.3 Å². The fourth-order valence-corrected chi connectivity index (χ4v) is 3.26. The van der Waals surface area contributed by atoms with Crippen molar-refractivity contribution < 1.29 is 29.4 Å². The highest BCUT2D eigenvalue weighted by Crippen LogP contribution is 2.08. The molecule has 0 aromatic carbocycles. The minimum Gasteiger partial charge on any atom is -0.480 e. The topological polar surface area (TPSA) is 228 Å². The highest BCUT2D eigenvalue weighted by molar-refractivity contribution is 5.94. The van der Waals surface area contributed by atoms with Crippen LogP contribution in [-0.2, 0) is 32.0 Å². The summed E-state index contributed by atoms with van der Waals surface area (Å²) < 4.78 is 0. The van der Waals surface area contributed by atoms with Gasteiger partial charge in [0.25, 0.3) is 0 Å². The van der Waals surface area contributed by atoms with Crippen molar-refractivity contribution in [2.75, 3.05) is 6.61 Å². The molecule has 0 radical (unpaired) electrons. The number of hydrogen-bond acceptors (Lipinski definition) is 8. The van der Waals surface area contributed by atoms with Gasteiger partial charge in [-0.05, 0) is 12.3 Å². The van der Waals surface area contributed by atoms with Crippen LogP contribution >= 0.6 is 0 Å². The molecule has 2 aromatic heterocycles. The lowest BCUT2D eigenvalue weighted by Gasteiger charge is -2.25. The average Bonchev–Trinajstić information content (AvgIpc) is 3.50. The van der Waals surface area contributed by atoms with Gasteiger partial charge in [0.1, 0.15) is 18.1 Å². The second kappa shape index (κ2) is 13.2. The summed E-state index contributed by atoms with van der Waals surface area (Å²) in [5.74, 6) is -3.43. The molecule has 0 saturated heterocycles. The van der Waals surface area contributed by atoms with Crippen molar-refractivity contribution >= 4 is 23.7 Å². The normalized spacial score (nSPS) is 14.5. The summed E-state index contributed by atoms with van der Waals surface area (Å²) in [6.45, 7) is 2.90. The third-order valence-corrected chi connectivity index (χ3v) is 5.08. The number of carboxylic acids is 1. The van der Waals surface area contributed by atoms with Crippen LogP contribution in [0.3, 0.4) is 0 Å². The molecule has 35 heavy (non-hydrogen) atoms. The Hall–Kier alpha value is -3.78. The molecular formula is C21H32N8O6. The van der Waals surface area contributed by atoms with E-state index in [0.29, 0.717) is 11.4 Å². The van der Waals surface area contributed by atoms with Gasteiger partial charge in [0.15, 0.2) is 0 Å². The Morgan fingerprint density at radius 3 is 1.89 bits per heavy atom. The first-order valence-electron chi connectivity index (χ1n) is 11.1. The summed E-state index contributed by atoms with van der Waals surface area (Å²) in [4.78, 5) is 63.2. The third-order valence-electron chi connectivity index (χ3n) is 5.08. The van der Waals surface area contributed by atoms with Crippen molar-refractivity contribution in [1.82, 2.24) is 35.9 Å². The van der Waals surface area contributed by atoms with E-state index in [1.165, 1.54) is 18.9 Å². The number of nitrogens with zero attached hydrogens (tertiary/aromatic N) is 2. The number of rotatable bonds is 14. The minimum absolute atomic E-state index is 0.0144. The Bertz CT molecular complexity index is 963. The zero-order valence-corrected chi connectivity index (χ0v) is 19.5. The Labute approximate surface area is 201 Å². The maximum Gasteiger partial charge on any atom is 0.328 e. The van der Waals surface area contributed by atoms with E-state index in [1.54, 1.807) is 6.20 Å². The molecule has 2 heterocycles. The van der Waals surface area contributed by atoms with Gasteiger partial charge >= 0.3 is 5.97 Å². The van der Waals surface area contributed by atoms with Gasteiger partial charge in [-0.3, -0.25) is 14.4 Å². The predicted octanol–water partition coefficient (Wildman–Crippen LogP) is -2.18. The number of aliphatic carboxylic acids is 1. The van der Waals surface area contributed by atoms with E-state index < -0.39 is 54.5 Å². The Morgan fingerprint density at radius 1 is 0.886 bits per heavy atom. The van der Waals surface area contributed by atoms with Crippen LogP contribution in [0.25, 0.3) is 0 Å². The van der Waals surface area contributed by atoms with Crippen molar-refractivity contribution in [2.24, 2.45) is 11.7 Å². The summed E-state index contributed by atoms with van der Waals surface area (Å²) in [7, 11) is 0. The van der Waals surface area contributed by atoms with Crippen molar-refractivity contribution in [1.29, 1.82) is 0 Å². The second-order valence-electron chi connectivity index (χ2n) is 8.50. The summed E-state index contributed by atoms with van der Waals surface area (Å²) >= 11 is 0. The number of carboxylic acid groups (broad SMARTS) is 1. The molecule has 0 aliphatic rings. The largest absolute Gasteiger partial charge is 0.480 e. The highest BCUT2D eigenvalue weighted by Gasteiger charge is 2.31. The number of aromatic amines is 2. The van der Waals surface area contributed by atoms with Crippen LogP contribution in [-0.4, -0.2) is 84.6 Å². The van der Waals surface area contributed by atoms with Gasteiger partial charge in [-0.2, -0.15) is 0 Å². The fraction of sp³-hybridized carbons (Fsp3) is 0.524. The van der Waals surface area contributed by atoms with Gasteiger partial charge in [0, 0.05) is 36.6 Å². The van der Waals surface area contributed by atoms with Crippen LogP contribution in [0.5, 0.6) is 0 Å². The zero-order valence-electron chi connectivity index (χ0n) is 19.5. The Balaban J connectivity index is 2.13. The summed E-state index contributed by atoms with van der Waals surface area (Å²) in [6, 6.07) is -4.69. The zero-order chi connectivity index (χ0) is 26.0. The first-order valence-corrected chi connectivity index (χ1v) is 11.1. The Kier molecular flexibility index (Phi) is 10.4. The van der Waals surface area contributed by atoms with Crippen LogP contribution in [0.2, 0.25) is 0 Å². The molecule has 0 aliphatic heterocycles. The number of aliphatic hydroxyl groups excluding tert-OH is 1. The summed E-state index contributed by atoms with van der Waals surface area (Å²) in [5, 5.41) is 25.8. The van der Waals surface area contributed by atoms with Gasteiger partial charge in [0.2, 0.25) is 17.7 Å². The van der Waals surface area contributed by atoms with E-state index in [2.05, 4.69) is 35.9 Å². The van der Waals surface area contributed by atoms with Gasteiger partial charge in [-0.25, -0.2) is 14.8 Å². The fourth-order valence-electron chi connectivity index (χ4n) is 3.26. The number of hydrogen-bond donors (Lipinski definition) is 8. The van der Waals surface area contributed by atoms with Crippen LogP contribution in [0.15, 0.2) is 25.0 Å². The van der Waals surface area contributed by atoms with Crippen molar-refractivity contribution in [2.45, 2.75) is 57.3 Å². The van der Waals surface area contributed by atoms with Crippen molar-refractivity contribution in [3.8, 4) is 0 Å². The lowest BCUT2D eigenvalue weighted by atomic mass is 10.0. The predicted molar refractivity (Wildman–Crippen MR) is 123 cm³/mol. The SMILES string of the molecule is CC(C)CC(NC(=O)C(N)Cc1cnc[nH]1)C(=O)NC(Cc1cnc[nH]1)C(=O)NC(CO)C(=O)O. The molecule has 0 bridgehead atoms. The molecule has 0 fully saturated rings. The standard InChI is InChI=1S/C21H32N8O6/c1-11(2)3-15(27-18(31)14(22)4-12-6-23-9-25-12)19(32)28-16(5-13-7-24-10-26-13)20(33)29-17(8-30)21(34)35/h6-7,9-11,14-17,30H,3-5,8,22H2,1-2H3,(H,23,25)(H,24,26)(H,27,31)(H,28,32)(H,29,33)(H,34,35). The molecule has 0 spiro atoms. The van der Waals surface area contributed by atoms with Gasteiger partial charge in [-0.15, -0.1) is 0 Å². The van der Waals surface area contributed by atoms with Crippen LogP contribution in [0.1, 0.15) is 31.7 Å². The maximum atomic E-state index is 13.1. The highest BCUT2D eigenvalue weighted by atomic mass is 16.4. The monoisotopic (exact) mass is 492 g/mol. The number of aliphatic hydroxyl groups is 1. The van der Waals surface area contributed by atoms with Gasteiger partial charge < -0.3 is 41.9 Å². The van der Waals surface area contributed by atoms with Gasteiger partial charge in [-0.1, -0.05) is 13.8 Å². The first-order chi connectivity index (χ1) is 16.6. The molecule has 0 saturated carbocycles. The van der Waals surface area contributed by atoms with Crippen molar-refractivity contribution in [3.05, 3.63) is 36.4 Å². The smallest absolute Gasteiger partial charge is 0.328 e. The van der Waals surface area contributed by atoms with E-state index in [1.807, 2.05) is 13.8 Å². The van der Waals surface area contributed by atoms with E-state index in [4.69, 9.17) is 10.8 Å². The third kappa shape index (κ3) is 8.83. The number of carbonyl (C=O) groups excluding carboxylic acids is 3. The summed E-state index contributed by atoms with van der Waals surface area (Å²) in [5.41, 5.74) is 7.14. The van der Waals surface area contributed by atoms with E-state index in [-0.39, 0.29) is 25.2 Å². The van der Waals surface area contributed by atoms with E-state index in [9.17, 15) is 24.3 Å². The summed E-state index contributed by atoms with van der Waals surface area (Å²) in [6.07, 6.45) is 6.27. The Morgan fingerprint density at radius 2 is 1.40 bits per heavy atom. The number of imidazole rings is 2. The molecule has 14 heteroatoms. The molecule has 4 atom stereocenters. The van der Waals surface area contributed by atoms with Crippen molar-refractivity contribution in [3.63, 3.8) is 0 Å². The molecule has 192 valence electrons. The molecule has 4 unspecified atom stereocenters. The lowest BCUT2D eigenvalue weighted by Crippen LogP contribution is -2.58. The molecule has 3 amide bonds. The molecule has 14 nitrogen and oxygen atoms in total. The number of aromatic nitrogens is 4. The van der Waals surface area contributed by atoms with Crippen LogP contribution in [0.4, 0.5) is 0 Å². The molecule has 2 aromatic rings. The number of nitrogens with one attached hydrogen (secondary N) is 5. The van der Waals surface area contributed by atoms with E-state index in [0.717, 1.165) is 0 Å². The molecular weight excluding hydrogens is 460 g/mol. The van der Waals surface area contributed by atoms with Crippen LogP contribution in [0, 0.1) is 5.92 Å². The number of H-pyrrole nitrogens is 2. The number of carbonyl (C=O) groups is 4. The number of amides is 3. The molecule has 9 N–H and O–H groups in total. The van der Waals surface area contributed by atoms with Crippen LogP contribution < -0.4 is 21.7 Å². The molecule has 0 aliphatic carbocycles. The first kappa shape index (κ1) is 27.5. The quantitative estimate of drug-likeness (QED) is 0.143. The minimum atomic E-state index is -1.55. The average molecular weight is 493 g/mol. The maximum absolute atomic E-state index is 13.1. The lowest BCUT2D eigenvalue weighted by molar-refractivity contribution is -0.143. The van der Waals surface area contributed by atoms with E-state index >= 15 is 0 Å².